The molecule has 20 heavy (non-hydrogen) atoms. The fraction of sp³-hybridized carbons (Fsp3) is 0.333. The van der Waals surface area contributed by atoms with Crippen molar-refractivity contribution in [2.45, 2.75) is 19.0 Å². The predicted molar refractivity (Wildman–Crippen MR) is 67.9 cm³/mol. The Morgan fingerprint density at radius 2 is 2.10 bits per heavy atom. The Balaban J connectivity index is 2.59. The van der Waals surface area contributed by atoms with E-state index in [0.717, 1.165) is 5.56 Å². The Morgan fingerprint density at radius 3 is 2.60 bits per heavy atom. The number of pyridine rings is 1. The summed E-state index contributed by atoms with van der Waals surface area (Å²) in [7, 11) is 1.47. The average molecular weight is 281 g/mol. The minimum atomic E-state index is -1.46. The average Bonchev–Trinajstić information content (AvgIpc) is 2.38. The van der Waals surface area contributed by atoms with Crippen LogP contribution in [0.3, 0.4) is 0 Å². The summed E-state index contributed by atoms with van der Waals surface area (Å²) in [4.78, 5) is 38.3. The first kappa shape index (κ1) is 15.4. The number of hydrogen-bond acceptors (Lipinski definition) is 4. The molecular formula is C12H15N3O5. The molecule has 0 aliphatic carbocycles. The maximum atomic E-state index is 11.8. The van der Waals surface area contributed by atoms with E-state index in [2.05, 4.69) is 10.3 Å². The van der Waals surface area contributed by atoms with Gasteiger partial charge in [0, 0.05) is 26.0 Å². The van der Waals surface area contributed by atoms with Crippen LogP contribution in [-0.2, 0) is 16.1 Å². The molecule has 8 heteroatoms. The Bertz CT molecular complexity index is 491. The molecule has 2 amide bonds. The van der Waals surface area contributed by atoms with Gasteiger partial charge in [0.05, 0.1) is 6.42 Å². The smallest absolute Gasteiger partial charge is 0.326 e. The summed E-state index contributed by atoms with van der Waals surface area (Å²) in [5.74, 6) is -2.69. The Morgan fingerprint density at radius 1 is 1.40 bits per heavy atom. The summed E-state index contributed by atoms with van der Waals surface area (Å²) in [5.41, 5.74) is 0.773. The van der Waals surface area contributed by atoms with E-state index in [-0.39, 0.29) is 6.54 Å². The molecule has 0 radical (unpaired) electrons. The van der Waals surface area contributed by atoms with Crippen LogP contribution >= 0.6 is 0 Å². The van der Waals surface area contributed by atoms with Gasteiger partial charge in [0.1, 0.15) is 6.04 Å². The SMILES string of the molecule is CN(Cc1cccnc1)C(=O)NC(CC(=O)O)C(=O)O. The van der Waals surface area contributed by atoms with Crippen LogP contribution in [0.25, 0.3) is 0 Å². The lowest BCUT2D eigenvalue weighted by molar-refractivity contribution is -0.145. The van der Waals surface area contributed by atoms with Gasteiger partial charge in [0.2, 0.25) is 0 Å². The van der Waals surface area contributed by atoms with Crippen LogP contribution in [-0.4, -0.2) is 51.2 Å². The van der Waals surface area contributed by atoms with E-state index in [1.54, 1.807) is 24.5 Å². The fourth-order valence-electron chi connectivity index (χ4n) is 1.47. The number of urea groups is 1. The highest BCUT2D eigenvalue weighted by Crippen LogP contribution is 2.02. The molecule has 0 bridgehead atoms. The molecule has 0 aliphatic rings. The lowest BCUT2D eigenvalue weighted by Crippen LogP contribution is -2.47. The maximum Gasteiger partial charge on any atom is 0.326 e. The molecule has 0 fully saturated rings. The van der Waals surface area contributed by atoms with E-state index in [9.17, 15) is 14.4 Å². The quantitative estimate of drug-likeness (QED) is 0.682. The second-order valence-corrected chi connectivity index (χ2v) is 4.16. The number of rotatable bonds is 6. The van der Waals surface area contributed by atoms with E-state index in [4.69, 9.17) is 10.2 Å². The molecule has 8 nitrogen and oxygen atoms in total. The molecule has 0 saturated heterocycles. The Kier molecular flexibility index (Phi) is 5.45. The Hall–Kier alpha value is -2.64. The van der Waals surface area contributed by atoms with Crippen LogP contribution in [0.15, 0.2) is 24.5 Å². The summed E-state index contributed by atoms with van der Waals surface area (Å²) in [6.07, 6.45) is 2.49. The van der Waals surface area contributed by atoms with E-state index in [1.165, 1.54) is 11.9 Å². The molecule has 108 valence electrons. The first-order chi connectivity index (χ1) is 9.40. The molecule has 0 aromatic carbocycles. The van der Waals surface area contributed by atoms with Crippen molar-refractivity contribution < 1.29 is 24.6 Å². The van der Waals surface area contributed by atoms with E-state index in [0.29, 0.717) is 0 Å². The van der Waals surface area contributed by atoms with E-state index < -0.39 is 30.4 Å². The van der Waals surface area contributed by atoms with Gasteiger partial charge in [0.15, 0.2) is 0 Å². The van der Waals surface area contributed by atoms with Crippen LogP contribution in [0.1, 0.15) is 12.0 Å². The van der Waals surface area contributed by atoms with E-state index >= 15 is 0 Å². The fourth-order valence-corrected chi connectivity index (χ4v) is 1.47. The normalized spacial score (nSPS) is 11.4. The van der Waals surface area contributed by atoms with Crippen molar-refractivity contribution in [3.8, 4) is 0 Å². The number of carbonyl (C=O) groups is 3. The third-order valence-corrected chi connectivity index (χ3v) is 2.46. The monoisotopic (exact) mass is 281 g/mol. The molecule has 1 unspecified atom stereocenters. The maximum absolute atomic E-state index is 11.8. The van der Waals surface area contributed by atoms with Gasteiger partial charge in [-0.05, 0) is 11.6 Å². The number of nitrogens with zero attached hydrogens (tertiary/aromatic N) is 2. The Labute approximate surface area is 115 Å². The van der Waals surface area contributed by atoms with E-state index in [1.807, 2.05) is 0 Å². The third kappa shape index (κ3) is 4.92. The molecule has 1 aromatic heterocycles. The molecular weight excluding hydrogens is 266 g/mol. The molecule has 0 aliphatic heterocycles. The number of hydrogen-bond donors (Lipinski definition) is 3. The standard InChI is InChI=1S/C12H15N3O5/c1-15(7-8-3-2-4-13-6-8)12(20)14-9(11(18)19)5-10(16)17/h2-4,6,9H,5,7H2,1H3,(H,14,20)(H,16,17)(H,18,19). The minimum absolute atomic E-state index is 0.235. The molecule has 1 rings (SSSR count). The summed E-state index contributed by atoms with van der Waals surface area (Å²) >= 11 is 0. The van der Waals surface area contributed by atoms with Crippen molar-refractivity contribution in [1.29, 1.82) is 0 Å². The van der Waals surface area contributed by atoms with Crippen molar-refractivity contribution in [2.75, 3.05) is 7.05 Å². The van der Waals surface area contributed by atoms with Gasteiger partial charge in [0.25, 0.3) is 0 Å². The largest absolute Gasteiger partial charge is 0.481 e. The van der Waals surface area contributed by atoms with Crippen LogP contribution in [0, 0.1) is 0 Å². The van der Waals surface area contributed by atoms with Crippen LogP contribution in [0.4, 0.5) is 4.79 Å². The highest BCUT2D eigenvalue weighted by Gasteiger charge is 2.24. The van der Waals surface area contributed by atoms with Gasteiger partial charge in [-0.3, -0.25) is 9.78 Å². The molecule has 1 atom stereocenters. The van der Waals surface area contributed by atoms with Crippen molar-refractivity contribution in [1.82, 2.24) is 15.2 Å². The number of carboxylic acids is 2. The third-order valence-electron chi connectivity index (χ3n) is 2.46. The van der Waals surface area contributed by atoms with Crippen molar-refractivity contribution in [3.05, 3.63) is 30.1 Å². The minimum Gasteiger partial charge on any atom is -0.481 e. The van der Waals surface area contributed by atoms with Gasteiger partial charge < -0.3 is 20.4 Å². The van der Waals surface area contributed by atoms with Gasteiger partial charge >= 0.3 is 18.0 Å². The lowest BCUT2D eigenvalue weighted by Gasteiger charge is -2.20. The zero-order valence-corrected chi connectivity index (χ0v) is 10.8. The van der Waals surface area contributed by atoms with Gasteiger partial charge in [-0.1, -0.05) is 6.07 Å². The topological polar surface area (TPSA) is 120 Å². The second-order valence-electron chi connectivity index (χ2n) is 4.16. The summed E-state index contributed by atoms with van der Waals surface area (Å²) in [6, 6.07) is 1.35. The van der Waals surface area contributed by atoms with Crippen LogP contribution in [0.2, 0.25) is 0 Å². The number of nitrogens with one attached hydrogen (secondary N) is 1. The molecule has 1 aromatic rings. The summed E-state index contributed by atoms with van der Waals surface area (Å²) in [6.45, 7) is 0.235. The van der Waals surface area contributed by atoms with Gasteiger partial charge in [-0.15, -0.1) is 0 Å². The van der Waals surface area contributed by atoms with Crippen molar-refractivity contribution in [3.63, 3.8) is 0 Å². The van der Waals surface area contributed by atoms with Crippen molar-refractivity contribution >= 4 is 18.0 Å². The highest BCUT2D eigenvalue weighted by molar-refractivity contribution is 5.86. The number of aromatic nitrogens is 1. The summed E-state index contributed by atoms with van der Waals surface area (Å²) in [5, 5.41) is 19.6. The van der Waals surface area contributed by atoms with Crippen LogP contribution in [0.5, 0.6) is 0 Å². The second kappa shape index (κ2) is 7.07. The van der Waals surface area contributed by atoms with Crippen molar-refractivity contribution in [2.24, 2.45) is 0 Å². The van der Waals surface area contributed by atoms with Gasteiger partial charge in [-0.25, -0.2) is 9.59 Å². The predicted octanol–water partition coefficient (Wildman–Crippen LogP) is 0.151. The molecule has 0 spiro atoms. The zero-order chi connectivity index (χ0) is 15.1. The van der Waals surface area contributed by atoms with Crippen LogP contribution < -0.4 is 5.32 Å². The number of carbonyl (C=O) groups excluding carboxylic acids is 1. The van der Waals surface area contributed by atoms with Gasteiger partial charge in [-0.2, -0.15) is 0 Å². The first-order valence-electron chi connectivity index (χ1n) is 5.75. The molecule has 3 N–H and O–H groups in total. The first-order valence-corrected chi connectivity index (χ1v) is 5.75. The lowest BCUT2D eigenvalue weighted by atomic mass is 10.2. The number of carboxylic acid groups (broad SMARTS) is 2. The molecule has 1 heterocycles. The summed E-state index contributed by atoms with van der Waals surface area (Å²) < 4.78 is 0. The number of amides is 2. The molecule has 0 saturated carbocycles. The zero-order valence-electron chi connectivity index (χ0n) is 10.8. The highest BCUT2D eigenvalue weighted by atomic mass is 16.4. The number of aliphatic carboxylic acids is 2.